The monoisotopic (exact) mass is 315 g/mol. The average Bonchev–Trinajstić information content (AvgIpc) is 2.86. The number of rotatable bonds is 7. The zero-order valence-electron chi connectivity index (χ0n) is 11.6. The maximum atomic E-state index is 13.6. The summed E-state index contributed by atoms with van der Waals surface area (Å²) >= 11 is 1.13. The molecule has 7 heteroatoms. The lowest BCUT2D eigenvalue weighted by Crippen LogP contribution is -2.16. The Morgan fingerprint density at radius 1 is 1.10 bits per heavy atom. The lowest BCUT2D eigenvalue weighted by molar-refractivity contribution is 0.547. The van der Waals surface area contributed by atoms with Crippen LogP contribution in [0.25, 0.3) is 10.6 Å². The van der Waals surface area contributed by atoms with E-state index in [1.54, 1.807) is 0 Å². The maximum absolute atomic E-state index is 13.6. The standard InChI is InChI=1S/C14H16F3N3S/c1-2-5-18-6-3-4-12-19-20-14(21-12)13-10(16)7-9(15)8-11(13)17/h7-8,18H,2-6H2,1H3. The van der Waals surface area contributed by atoms with Crippen LogP contribution in [0.5, 0.6) is 0 Å². The highest BCUT2D eigenvalue weighted by atomic mass is 32.1. The fourth-order valence-corrected chi connectivity index (χ4v) is 2.80. The molecule has 2 aromatic rings. The van der Waals surface area contributed by atoms with Gasteiger partial charge in [0.15, 0.2) is 5.01 Å². The number of nitrogens with one attached hydrogen (secondary N) is 1. The fourth-order valence-electron chi connectivity index (χ4n) is 1.87. The second kappa shape index (κ2) is 7.51. The molecule has 0 atom stereocenters. The molecule has 0 bridgehead atoms. The normalized spacial score (nSPS) is 11.0. The topological polar surface area (TPSA) is 37.8 Å². The lowest BCUT2D eigenvalue weighted by atomic mass is 10.2. The predicted octanol–water partition coefficient (Wildman–Crippen LogP) is 3.55. The van der Waals surface area contributed by atoms with Crippen molar-refractivity contribution in [1.82, 2.24) is 15.5 Å². The molecule has 1 aromatic heterocycles. The van der Waals surface area contributed by atoms with Gasteiger partial charge in [-0.15, -0.1) is 10.2 Å². The summed E-state index contributed by atoms with van der Waals surface area (Å²) in [6, 6.07) is 1.29. The van der Waals surface area contributed by atoms with E-state index in [1.165, 1.54) is 0 Å². The van der Waals surface area contributed by atoms with Crippen LogP contribution in [0, 0.1) is 17.5 Å². The molecule has 1 heterocycles. The van der Waals surface area contributed by atoms with Gasteiger partial charge in [-0.25, -0.2) is 13.2 Å². The SMILES string of the molecule is CCCNCCCc1nnc(-c2c(F)cc(F)cc2F)s1. The molecule has 0 saturated heterocycles. The van der Waals surface area contributed by atoms with Gasteiger partial charge < -0.3 is 5.32 Å². The van der Waals surface area contributed by atoms with Crippen molar-refractivity contribution in [2.75, 3.05) is 13.1 Å². The van der Waals surface area contributed by atoms with E-state index in [-0.39, 0.29) is 10.6 Å². The molecule has 0 aliphatic heterocycles. The van der Waals surface area contributed by atoms with Crippen LogP contribution in [0.3, 0.4) is 0 Å². The Balaban J connectivity index is 2.03. The second-order valence-electron chi connectivity index (χ2n) is 4.60. The summed E-state index contributed by atoms with van der Waals surface area (Å²) in [4.78, 5) is 0. The first-order valence-electron chi connectivity index (χ1n) is 6.79. The van der Waals surface area contributed by atoms with Crippen LogP contribution in [0.4, 0.5) is 13.2 Å². The molecule has 0 unspecified atom stereocenters. The van der Waals surface area contributed by atoms with Gasteiger partial charge in [-0.3, -0.25) is 0 Å². The third kappa shape index (κ3) is 4.25. The molecular weight excluding hydrogens is 299 g/mol. The van der Waals surface area contributed by atoms with Crippen molar-refractivity contribution in [2.24, 2.45) is 0 Å². The van der Waals surface area contributed by atoms with Crippen molar-refractivity contribution < 1.29 is 13.2 Å². The average molecular weight is 315 g/mol. The molecule has 0 spiro atoms. The summed E-state index contributed by atoms with van der Waals surface area (Å²) in [7, 11) is 0. The molecule has 0 fully saturated rings. The van der Waals surface area contributed by atoms with Crippen LogP contribution in [-0.2, 0) is 6.42 Å². The molecule has 2 rings (SSSR count). The third-order valence-electron chi connectivity index (χ3n) is 2.86. The molecule has 0 saturated carbocycles. The lowest BCUT2D eigenvalue weighted by Gasteiger charge is -2.01. The largest absolute Gasteiger partial charge is 0.317 e. The van der Waals surface area contributed by atoms with Crippen molar-refractivity contribution in [3.8, 4) is 10.6 Å². The fraction of sp³-hybridized carbons (Fsp3) is 0.429. The molecule has 21 heavy (non-hydrogen) atoms. The van der Waals surface area contributed by atoms with E-state index in [0.29, 0.717) is 23.6 Å². The number of hydrogen-bond donors (Lipinski definition) is 1. The molecule has 0 aliphatic carbocycles. The minimum Gasteiger partial charge on any atom is -0.317 e. The number of halogens is 3. The van der Waals surface area contributed by atoms with Crippen molar-refractivity contribution in [2.45, 2.75) is 26.2 Å². The van der Waals surface area contributed by atoms with E-state index in [4.69, 9.17) is 0 Å². The number of benzene rings is 1. The number of nitrogens with zero attached hydrogens (tertiary/aromatic N) is 2. The summed E-state index contributed by atoms with van der Waals surface area (Å²) in [6.07, 6.45) is 2.65. The van der Waals surface area contributed by atoms with Gasteiger partial charge >= 0.3 is 0 Å². The van der Waals surface area contributed by atoms with Gasteiger partial charge in [0.25, 0.3) is 0 Å². The van der Waals surface area contributed by atoms with Crippen molar-refractivity contribution in [1.29, 1.82) is 0 Å². The Morgan fingerprint density at radius 2 is 1.81 bits per heavy atom. The van der Waals surface area contributed by atoms with E-state index in [2.05, 4.69) is 22.4 Å². The Morgan fingerprint density at radius 3 is 2.48 bits per heavy atom. The van der Waals surface area contributed by atoms with Crippen molar-refractivity contribution >= 4 is 11.3 Å². The zero-order valence-corrected chi connectivity index (χ0v) is 12.4. The third-order valence-corrected chi connectivity index (χ3v) is 3.86. The number of aromatic nitrogens is 2. The van der Waals surface area contributed by atoms with Gasteiger partial charge in [-0.05, 0) is 25.9 Å². The Bertz CT molecular complexity index is 578. The van der Waals surface area contributed by atoms with Crippen LogP contribution in [0.15, 0.2) is 12.1 Å². The van der Waals surface area contributed by atoms with Crippen LogP contribution in [0.2, 0.25) is 0 Å². The quantitative estimate of drug-likeness (QED) is 0.794. The van der Waals surface area contributed by atoms with Crippen molar-refractivity contribution in [3.05, 3.63) is 34.6 Å². The second-order valence-corrected chi connectivity index (χ2v) is 5.66. The Hall–Kier alpha value is -1.47. The van der Waals surface area contributed by atoms with Gasteiger partial charge in [0.1, 0.15) is 22.5 Å². The molecule has 1 N–H and O–H groups in total. The van der Waals surface area contributed by atoms with E-state index < -0.39 is 17.5 Å². The summed E-state index contributed by atoms with van der Waals surface area (Å²) in [5.74, 6) is -2.86. The van der Waals surface area contributed by atoms with Gasteiger partial charge in [0, 0.05) is 18.6 Å². The van der Waals surface area contributed by atoms with Gasteiger partial charge in [0.2, 0.25) is 0 Å². The minimum absolute atomic E-state index is 0.140. The van der Waals surface area contributed by atoms with Crippen LogP contribution in [-0.4, -0.2) is 23.3 Å². The van der Waals surface area contributed by atoms with E-state index in [9.17, 15) is 13.2 Å². The van der Waals surface area contributed by atoms with Gasteiger partial charge in [-0.1, -0.05) is 18.3 Å². The van der Waals surface area contributed by atoms with Crippen LogP contribution < -0.4 is 5.32 Å². The van der Waals surface area contributed by atoms with E-state index in [0.717, 1.165) is 37.3 Å². The van der Waals surface area contributed by atoms with E-state index >= 15 is 0 Å². The first-order chi connectivity index (χ1) is 10.1. The molecule has 3 nitrogen and oxygen atoms in total. The maximum Gasteiger partial charge on any atom is 0.153 e. The minimum atomic E-state index is -0.959. The molecule has 1 aromatic carbocycles. The van der Waals surface area contributed by atoms with Crippen molar-refractivity contribution in [3.63, 3.8) is 0 Å². The summed E-state index contributed by atoms with van der Waals surface area (Å²) < 4.78 is 40.2. The Kier molecular flexibility index (Phi) is 5.69. The molecule has 0 radical (unpaired) electrons. The molecule has 0 aliphatic rings. The highest BCUT2D eigenvalue weighted by Crippen LogP contribution is 2.29. The highest BCUT2D eigenvalue weighted by molar-refractivity contribution is 7.14. The number of hydrogen-bond acceptors (Lipinski definition) is 4. The molecular formula is C14H16F3N3S. The highest BCUT2D eigenvalue weighted by Gasteiger charge is 2.17. The summed E-state index contributed by atoms with van der Waals surface area (Å²) in [5, 5.41) is 11.8. The number of aryl methyl sites for hydroxylation is 1. The van der Waals surface area contributed by atoms with Gasteiger partial charge in [-0.2, -0.15) is 0 Å². The summed E-state index contributed by atoms with van der Waals surface area (Å²) in [5.41, 5.74) is -0.316. The van der Waals surface area contributed by atoms with Crippen LogP contribution in [0.1, 0.15) is 24.8 Å². The first kappa shape index (κ1) is 15.9. The first-order valence-corrected chi connectivity index (χ1v) is 7.61. The van der Waals surface area contributed by atoms with E-state index in [1.807, 2.05) is 0 Å². The van der Waals surface area contributed by atoms with Crippen LogP contribution >= 0.6 is 11.3 Å². The Labute approximate surface area is 125 Å². The summed E-state index contributed by atoms with van der Waals surface area (Å²) in [6.45, 7) is 3.92. The smallest absolute Gasteiger partial charge is 0.153 e. The predicted molar refractivity (Wildman–Crippen MR) is 76.7 cm³/mol. The zero-order chi connectivity index (χ0) is 15.2. The molecule has 114 valence electrons. The van der Waals surface area contributed by atoms with Gasteiger partial charge in [0.05, 0.1) is 5.56 Å². The molecule has 0 amide bonds.